The molecule has 2 aromatic carbocycles. The van der Waals surface area contributed by atoms with E-state index in [0.717, 1.165) is 0 Å². The number of fused-ring (bicyclic) bond motifs is 1. The van der Waals surface area contributed by atoms with Gasteiger partial charge in [0, 0.05) is 30.9 Å². The van der Waals surface area contributed by atoms with Gasteiger partial charge < -0.3 is 4.42 Å². The van der Waals surface area contributed by atoms with E-state index in [0.29, 0.717) is 5.52 Å². The molecule has 1 N–H and O–H groups in total. The van der Waals surface area contributed by atoms with Crippen molar-refractivity contribution < 1.29 is 17.8 Å². The Bertz CT molecular complexity index is 1100. The van der Waals surface area contributed by atoms with Crippen LogP contribution in [0.2, 0.25) is 0 Å². The highest BCUT2D eigenvalue weighted by molar-refractivity contribution is 7.92. The van der Waals surface area contributed by atoms with Crippen molar-refractivity contribution in [2.75, 3.05) is 4.72 Å². The van der Waals surface area contributed by atoms with Crippen molar-refractivity contribution in [2.45, 2.75) is 4.90 Å². The molecule has 0 bridgehead atoms. The molecule has 0 aliphatic carbocycles. The summed E-state index contributed by atoms with van der Waals surface area (Å²) in [7, 11) is -2.42. The van der Waals surface area contributed by atoms with E-state index >= 15 is 0 Å². The zero-order valence-electron chi connectivity index (χ0n) is 12.3. The Hall–Kier alpha value is -3.14. The molecule has 24 heavy (non-hydrogen) atoms. The van der Waals surface area contributed by atoms with E-state index < -0.39 is 20.7 Å². The second-order valence-electron chi connectivity index (χ2n) is 4.97. The van der Waals surface area contributed by atoms with Gasteiger partial charge >= 0.3 is 5.76 Å². The SMILES string of the molecule is Cn1c(=O)oc2cc(S(=O)(=O)Nc3ccc([N+](=O)[O-])cc3)ccc21. The number of aromatic nitrogens is 1. The first-order chi connectivity index (χ1) is 11.3. The summed E-state index contributed by atoms with van der Waals surface area (Å²) in [6.45, 7) is 0. The van der Waals surface area contributed by atoms with Crippen LogP contribution in [0.5, 0.6) is 0 Å². The number of nitro groups is 1. The zero-order valence-corrected chi connectivity index (χ0v) is 13.1. The Kier molecular flexibility index (Phi) is 3.60. The van der Waals surface area contributed by atoms with Crippen molar-refractivity contribution in [1.29, 1.82) is 0 Å². The van der Waals surface area contributed by atoms with Gasteiger partial charge in [-0.1, -0.05) is 0 Å². The third kappa shape index (κ3) is 2.74. The minimum absolute atomic E-state index is 0.0947. The first-order valence-corrected chi connectivity index (χ1v) is 8.13. The highest BCUT2D eigenvalue weighted by Crippen LogP contribution is 2.22. The smallest absolute Gasteiger partial charge is 0.408 e. The molecule has 9 nitrogen and oxygen atoms in total. The summed E-state index contributed by atoms with van der Waals surface area (Å²) in [5.74, 6) is -0.595. The van der Waals surface area contributed by atoms with Gasteiger partial charge in [0.2, 0.25) is 0 Å². The topological polar surface area (TPSA) is 124 Å². The van der Waals surface area contributed by atoms with E-state index in [1.165, 1.54) is 54.1 Å². The van der Waals surface area contributed by atoms with Crippen LogP contribution in [0, 0.1) is 10.1 Å². The monoisotopic (exact) mass is 349 g/mol. The van der Waals surface area contributed by atoms with Gasteiger partial charge in [0.05, 0.1) is 15.3 Å². The standard InChI is InChI=1S/C14H11N3O6S/c1-16-12-7-6-11(8-13(12)23-14(16)18)24(21,22)15-9-2-4-10(5-3-9)17(19)20/h2-8,15H,1H3. The number of oxazole rings is 1. The maximum Gasteiger partial charge on any atom is 0.419 e. The van der Waals surface area contributed by atoms with Crippen LogP contribution in [-0.4, -0.2) is 17.9 Å². The van der Waals surface area contributed by atoms with Crippen molar-refractivity contribution in [3.63, 3.8) is 0 Å². The first-order valence-electron chi connectivity index (χ1n) is 6.65. The van der Waals surface area contributed by atoms with Crippen LogP contribution < -0.4 is 10.5 Å². The number of nitrogens with one attached hydrogen (secondary N) is 1. The number of benzene rings is 2. The lowest BCUT2D eigenvalue weighted by molar-refractivity contribution is -0.384. The van der Waals surface area contributed by atoms with Crippen LogP contribution in [0.25, 0.3) is 11.1 Å². The van der Waals surface area contributed by atoms with Gasteiger partial charge in [0.1, 0.15) is 0 Å². The summed E-state index contributed by atoms with van der Waals surface area (Å²) >= 11 is 0. The molecule has 10 heteroatoms. The van der Waals surface area contributed by atoms with E-state index in [2.05, 4.69) is 4.72 Å². The summed E-state index contributed by atoms with van der Waals surface area (Å²) in [6.07, 6.45) is 0. The predicted octanol–water partition coefficient (Wildman–Crippen LogP) is 1.84. The zero-order chi connectivity index (χ0) is 17.5. The molecule has 0 spiro atoms. The van der Waals surface area contributed by atoms with Gasteiger partial charge in [-0.15, -0.1) is 0 Å². The molecular formula is C14H11N3O6S. The number of nitrogens with zero attached hydrogens (tertiary/aromatic N) is 2. The lowest BCUT2D eigenvalue weighted by Crippen LogP contribution is -2.12. The summed E-state index contributed by atoms with van der Waals surface area (Å²) in [6, 6.07) is 9.00. The number of nitro benzene ring substituents is 1. The summed E-state index contributed by atoms with van der Waals surface area (Å²) < 4.78 is 33.3. The van der Waals surface area contributed by atoms with Crippen LogP contribution >= 0.6 is 0 Å². The number of hydrogen-bond acceptors (Lipinski definition) is 6. The van der Waals surface area contributed by atoms with Crippen molar-refractivity contribution in [3.8, 4) is 0 Å². The molecule has 1 heterocycles. The quantitative estimate of drug-likeness (QED) is 0.566. The van der Waals surface area contributed by atoms with Crippen molar-refractivity contribution in [3.05, 3.63) is 63.1 Å². The molecule has 0 fully saturated rings. The molecular weight excluding hydrogens is 338 g/mol. The summed E-state index contributed by atoms with van der Waals surface area (Å²) in [4.78, 5) is 21.4. The average Bonchev–Trinajstić information content (AvgIpc) is 2.82. The molecule has 0 unspecified atom stereocenters. The number of non-ortho nitro benzene ring substituents is 1. The van der Waals surface area contributed by atoms with Gasteiger partial charge in [-0.25, -0.2) is 13.2 Å². The minimum atomic E-state index is -3.93. The number of aryl methyl sites for hydroxylation is 1. The number of hydrogen-bond donors (Lipinski definition) is 1. The van der Waals surface area contributed by atoms with Crippen LogP contribution in [0.3, 0.4) is 0 Å². The fourth-order valence-corrected chi connectivity index (χ4v) is 3.22. The molecule has 0 aliphatic heterocycles. The molecule has 3 aromatic rings. The molecule has 0 atom stereocenters. The summed E-state index contributed by atoms with van der Waals surface area (Å²) in [5.41, 5.74) is 0.643. The van der Waals surface area contributed by atoms with E-state index in [1.807, 2.05) is 0 Å². The van der Waals surface area contributed by atoms with Gasteiger partial charge in [0.15, 0.2) is 5.58 Å². The number of sulfonamides is 1. The maximum atomic E-state index is 12.4. The molecule has 1 aromatic heterocycles. The van der Waals surface area contributed by atoms with Crippen LogP contribution in [0.15, 0.2) is 56.6 Å². The minimum Gasteiger partial charge on any atom is -0.408 e. The highest BCUT2D eigenvalue weighted by Gasteiger charge is 2.17. The Labute approximate surface area is 135 Å². The second-order valence-corrected chi connectivity index (χ2v) is 6.65. The first kappa shape index (κ1) is 15.7. The highest BCUT2D eigenvalue weighted by atomic mass is 32.2. The molecule has 124 valence electrons. The molecule has 0 radical (unpaired) electrons. The molecule has 0 aliphatic rings. The molecule has 3 rings (SSSR count). The van der Waals surface area contributed by atoms with Crippen LogP contribution in [0.1, 0.15) is 0 Å². The van der Waals surface area contributed by atoms with Crippen molar-refractivity contribution >= 4 is 32.5 Å². The van der Waals surface area contributed by atoms with Crippen molar-refractivity contribution in [1.82, 2.24) is 4.57 Å². The molecule has 0 amide bonds. The van der Waals surface area contributed by atoms with E-state index in [4.69, 9.17) is 4.42 Å². The molecule has 0 saturated heterocycles. The lowest BCUT2D eigenvalue weighted by Gasteiger charge is -2.07. The van der Waals surface area contributed by atoms with Crippen LogP contribution in [-0.2, 0) is 17.1 Å². The maximum absolute atomic E-state index is 12.4. The Balaban J connectivity index is 1.95. The van der Waals surface area contributed by atoms with Crippen LogP contribution in [0.4, 0.5) is 11.4 Å². The Morgan fingerprint density at radius 2 is 1.83 bits per heavy atom. The predicted molar refractivity (Wildman–Crippen MR) is 85.4 cm³/mol. The van der Waals surface area contributed by atoms with Gasteiger partial charge in [0.25, 0.3) is 15.7 Å². The fraction of sp³-hybridized carbons (Fsp3) is 0.0714. The van der Waals surface area contributed by atoms with Crippen molar-refractivity contribution in [2.24, 2.45) is 7.05 Å². The van der Waals surface area contributed by atoms with Gasteiger partial charge in [-0.3, -0.25) is 19.4 Å². The number of rotatable bonds is 4. The Morgan fingerprint density at radius 3 is 2.46 bits per heavy atom. The second kappa shape index (κ2) is 5.49. The van der Waals surface area contributed by atoms with E-state index in [1.54, 1.807) is 0 Å². The van der Waals surface area contributed by atoms with Gasteiger partial charge in [-0.2, -0.15) is 0 Å². The third-order valence-electron chi connectivity index (χ3n) is 3.40. The third-order valence-corrected chi connectivity index (χ3v) is 4.78. The fourth-order valence-electron chi connectivity index (χ4n) is 2.15. The van der Waals surface area contributed by atoms with Gasteiger partial charge in [-0.05, 0) is 24.3 Å². The summed E-state index contributed by atoms with van der Waals surface area (Å²) in [5, 5.41) is 10.6. The Morgan fingerprint density at radius 1 is 1.17 bits per heavy atom. The number of anilines is 1. The normalized spacial score (nSPS) is 11.5. The molecule has 0 saturated carbocycles. The average molecular weight is 349 g/mol. The lowest BCUT2D eigenvalue weighted by atomic mass is 10.3. The largest absolute Gasteiger partial charge is 0.419 e. The van der Waals surface area contributed by atoms with E-state index in [9.17, 15) is 23.3 Å². The van der Waals surface area contributed by atoms with E-state index in [-0.39, 0.29) is 21.9 Å².